The molecule has 1 N–H and O–H groups in total. The van der Waals surface area contributed by atoms with Crippen LogP contribution < -0.4 is 10.2 Å². The van der Waals surface area contributed by atoms with Crippen LogP contribution in [0.4, 0.5) is 10.1 Å². The molecule has 0 aliphatic heterocycles. The van der Waals surface area contributed by atoms with Crippen molar-refractivity contribution in [3.8, 4) is 0 Å². The van der Waals surface area contributed by atoms with Gasteiger partial charge in [-0.1, -0.05) is 41.9 Å². The van der Waals surface area contributed by atoms with Crippen molar-refractivity contribution >= 4 is 29.0 Å². The summed E-state index contributed by atoms with van der Waals surface area (Å²) in [5, 5.41) is 8.40. The summed E-state index contributed by atoms with van der Waals surface area (Å²) in [5.74, 6) is -1.59. The SMILES string of the molecule is O=C(NC1CCCCC1)[C@@H](c1cccnc1)N(C(=O)c1csnn1)c1ccccc1F. The van der Waals surface area contributed by atoms with Gasteiger partial charge < -0.3 is 5.32 Å². The third-order valence-corrected chi connectivity index (χ3v) is 5.87. The summed E-state index contributed by atoms with van der Waals surface area (Å²) in [4.78, 5) is 32.2. The summed E-state index contributed by atoms with van der Waals surface area (Å²) in [7, 11) is 0. The zero-order chi connectivity index (χ0) is 21.6. The molecular formula is C22H22FN5O2S. The van der Waals surface area contributed by atoms with Crippen LogP contribution in [0.25, 0.3) is 0 Å². The van der Waals surface area contributed by atoms with E-state index in [1.54, 1.807) is 24.4 Å². The van der Waals surface area contributed by atoms with E-state index in [0.717, 1.165) is 48.5 Å². The van der Waals surface area contributed by atoms with Gasteiger partial charge in [-0.25, -0.2) is 4.39 Å². The first-order valence-corrected chi connectivity index (χ1v) is 11.0. The van der Waals surface area contributed by atoms with Gasteiger partial charge in [-0.2, -0.15) is 0 Å². The lowest BCUT2D eigenvalue weighted by Gasteiger charge is -2.33. The number of hydrogen-bond donors (Lipinski definition) is 1. The van der Waals surface area contributed by atoms with Crippen LogP contribution >= 0.6 is 11.5 Å². The normalized spacial score (nSPS) is 15.3. The molecule has 160 valence electrons. The van der Waals surface area contributed by atoms with E-state index in [0.29, 0.717) is 5.56 Å². The number of aromatic nitrogens is 3. The molecule has 0 saturated heterocycles. The lowest BCUT2D eigenvalue weighted by Crippen LogP contribution is -2.47. The van der Waals surface area contributed by atoms with Gasteiger partial charge in [0, 0.05) is 29.4 Å². The van der Waals surface area contributed by atoms with Gasteiger partial charge in [-0.05, 0) is 42.6 Å². The molecule has 1 aromatic carbocycles. The van der Waals surface area contributed by atoms with Crippen LogP contribution in [0.3, 0.4) is 0 Å². The maximum atomic E-state index is 14.9. The molecular weight excluding hydrogens is 417 g/mol. The molecule has 0 spiro atoms. The second kappa shape index (κ2) is 9.74. The number of carbonyl (C=O) groups is 2. The molecule has 0 unspecified atom stereocenters. The number of benzene rings is 1. The van der Waals surface area contributed by atoms with Crippen LogP contribution in [0.1, 0.15) is 54.2 Å². The number of amides is 2. The summed E-state index contributed by atoms with van der Waals surface area (Å²) in [6, 6.07) is 8.20. The predicted molar refractivity (Wildman–Crippen MR) is 115 cm³/mol. The lowest BCUT2D eigenvalue weighted by molar-refractivity contribution is -0.123. The van der Waals surface area contributed by atoms with E-state index in [1.807, 2.05) is 0 Å². The number of nitrogens with zero attached hydrogens (tertiary/aromatic N) is 4. The third kappa shape index (κ3) is 4.77. The van der Waals surface area contributed by atoms with Crippen molar-refractivity contribution in [2.75, 3.05) is 4.90 Å². The molecule has 1 saturated carbocycles. The van der Waals surface area contributed by atoms with Crippen molar-refractivity contribution < 1.29 is 14.0 Å². The first-order valence-electron chi connectivity index (χ1n) is 10.2. The average molecular weight is 440 g/mol. The van der Waals surface area contributed by atoms with Crippen LogP contribution in [0, 0.1) is 5.82 Å². The summed E-state index contributed by atoms with van der Waals surface area (Å²) in [5.41, 5.74) is 0.524. The highest BCUT2D eigenvalue weighted by atomic mass is 32.1. The van der Waals surface area contributed by atoms with Crippen molar-refractivity contribution in [2.24, 2.45) is 0 Å². The molecule has 1 atom stereocenters. The lowest BCUT2D eigenvalue weighted by atomic mass is 9.94. The zero-order valence-electron chi connectivity index (χ0n) is 16.8. The fourth-order valence-electron chi connectivity index (χ4n) is 3.88. The average Bonchev–Trinajstić information content (AvgIpc) is 3.34. The molecule has 0 radical (unpaired) electrons. The number of nitrogens with one attached hydrogen (secondary N) is 1. The van der Waals surface area contributed by atoms with E-state index >= 15 is 0 Å². The second-order valence-electron chi connectivity index (χ2n) is 7.45. The van der Waals surface area contributed by atoms with Gasteiger partial charge in [-0.15, -0.1) is 5.10 Å². The van der Waals surface area contributed by atoms with Crippen LogP contribution in [0.15, 0.2) is 54.2 Å². The Labute approximate surface area is 183 Å². The highest BCUT2D eigenvalue weighted by molar-refractivity contribution is 7.03. The van der Waals surface area contributed by atoms with Gasteiger partial charge in [0.25, 0.3) is 5.91 Å². The first kappa shape index (κ1) is 21.0. The number of para-hydroxylation sites is 1. The van der Waals surface area contributed by atoms with E-state index in [1.165, 1.54) is 29.8 Å². The molecule has 4 rings (SSSR count). The fourth-order valence-corrected chi connectivity index (χ4v) is 4.31. The fraction of sp³-hybridized carbons (Fsp3) is 0.318. The van der Waals surface area contributed by atoms with Crippen LogP contribution in [-0.2, 0) is 4.79 Å². The van der Waals surface area contributed by atoms with E-state index in [9.17, 15) is 14.0 Å². The summed E-state index contributed by atoms with van der Waals surface area (Å²) in [6.07, 6.45) is 8.11. The highest BCUT2D eigenvalue weighted by Crippen LogP contribution is 2.31. The Hall–Kier alpha value is -3.20. The number of anilines is 1. The monoisotopic (exact) mass is 439 g/mol. The van der Waals surface area contributed by atoms with Crippen LogP contribution in [0.5, 0.6) is 0 Å². The second-order valence-corrected chi connectivity index (χ2v) is 8.06. The Morgan fingerprint density at radius 2 is 1.94 bits per heavy atom. The maximum Gasteiger partial charge on any atom is 0.280 e. The molecule has 1 aliphatic rings. The van der Waals surface area contributed by atoms with E-state index in [-0.39, 0.29) is 23.3 Å². The third-order valence-electron chi connectivity index (χ3n) is 5.37. The van der Waals surface area contributed by atoms with E-state index < -0.39 is 17.8 Å². The van der Waals surface area contributed by atoms with Gasteiger partial charge >= 0.3 is 0 Å². The topological polar surface area (TPSA) is 88.1 Å². The molecule has 2 amide bonds. The summed E-state index contributed by atoms with van der Waals surface area (Å²) < 4.78 is 18.6. The Bertz CT molecular complexity index is 1030. The van der Waals surface area contributed by atoms with Gasteiger partial charge in [0.05, 0.1) is 5.69 Å². The zero-order valence-corrected chi connectivity index (χ0v) is 17.6. The molecule has 2 heterocycles. The number of pyridine rings is 1. The van der Waals surface area contributed by atoms with Crippen molar-refractivity contribution in [1.82, 2.24) is 19.9 Å². The summed E-state index contributed by atoms with van der Waals surface area (Å²) in [6.45, 7) is 0. The van der Waals surface area contributed by atoms with Crippen molar-refractivity contribution in [3.63, 3.8) is 0 Å². The molecule has 2 aromatic heterocycles. The quantitative estimate of drug-likeness (QED) is 0.629. The van der Waals surface area contributed by atoms with Crippen LogP contribution in [0.2, 0.25) is 0 Å². The molecule has 3 aromatic rings. The number of hydrogen-bond acceptors (Lipinski definition) is 6. The van der Waals surface area contributed by atoms with Crippen molar-refractivity contribution in [2.45, 2.75) is 44.2 Å². The van der Waals surface area contributed by atoms with Gasteiger partial charge in [-0.3, -0.25) is 19.5 Å². The summed E-state index contributed by atoms with van der Waals surface area (Å²) >= 11 is 1.01. The van der Waals surface area contributed by atoms with Gasteiger partial charge in [0.15, 0.2) is 5.69 Å². The molecule has 1 aliphatic carbocycles. The Balaban J connectivity index is 1.78. The molecule has 9 heteroatoms. The van der Waals surface area contributed by atoms with Crippen LogP contribution in [-0.4, -0.2) is 32.4 Å². The molecule has 1 fully saturated rings. The number of rotatable bonds is 6. The van der Waals surface area contributed by atoms with Gasteiger partial charge in [0.1, 0.15) is 11.9 Å². The smallest absolute Gasteiger partial charge is 0.280 e. The van der Waals surface area contributed by atoms with Crippen molar-refractivity contribution in [3.05, 3.63) is 71.2 Å². The minimum atomic E-state index is -1.11. The Morgan fingerprint density at radius 3 is 2.61 bits per heavy atom. The maximum absolute atomic E-state index is 14.9. The minimum Gasteiger partial charge on any atom is -0.351 e. The van der Waals surface area contributed by atoms with E-state index in [2.05, 4.69) is 19.9 Å². The van der Waals surface area contributed by atoms with Gasteiger partial charge in [0.2, 0.25) is 5.91 Å². The standard InChI is InChI=1S/C22H22FN5O2S/c23-17-10-4-5-11-19(17)28(22(30)18-14-31-27-26-18)20(15-7-6-12-24-13-15)21(29)25-16-8-2-1-3-9-16/h4-7,10-14,16,20H,1-3,8-9H2,(H,25,29)/t20-/m1/s1. The molecule has 7 nitrogen and oxygen atoms in total. The number of carbonyl (C=O) groups excluding carboxylic acids is 2. The largest absolute Gasteiger partial charge is 0.351 e. The Morgan fingerprint density at radius 1 is 1.13 bits per heavy atom. The molecule has 0 bridgehead atoms. The highest BCUT2D eigenvalue weighted by Gasteiger charge is 2.36. The van der Waals surface area contributed by atoms with E-state index in [4.69, 9.17) is 0 Å². The predicted octanol–water partition coefficient (Wildman–Crippen LogP) is 3.91. The number of halogens is 1. The first-order chi connectivity index (χ1) is 15.1. The van der Waals surface area contributed by atoms with Crippen molar-refractivity contribution in [1.29, 1.82) is 0 Å². The molecule has 31 heavy (non-hydrogen) atoms. The Kier molecular flexibility index (Phi) is 6.61. The minimum absolute atomic E-state index is 0.00635.